The summed E-state index contributed by atoms with van der Waals surface area (Å²) in [6, 6.07) is 65.5. The maximum atomic E-state index is 5.42. The molecule has 0 saturated carbocycles. The zero-order chi connectivity index (χ0) is 43.8. The molecule has 0 spiro atoms. The van der Waals surface area contributed by atoms with Crippen molar-refractivity contribution in [2.45, 2.75) is 39.5 Å². The number of pyridine rings is 1. The molecule has 1 aliphatic rings. The smallest absolute Gasteiger partial charge is 0.238 e. The van der Waals surface area contributed by atoms with Crippen LogP contribution in [0.2, 0.25) is 0 Å². The highest BCUT2D eigenvalue weighted by Gasteiger charge is 2.37. The predicted molar refractivity (Wildman–Crippen MR) is 272 cm³/mol. The molecule has 310 valence electrons. The normalized spacial score (nSPS) is 12.8. The van der Waals surface area contributed by atoms with Crippen molar-refractivity contribution in [2.24, 2.45) is 0 Å². The second kappa shape index (κ2) is 15.1. The summed E-state index contributed by atoms with van der Waals surface area (Å²) in [4.78, 5) is 20.7. The molecular weight excluding hydrogens is 791 g/mol. The van der Waals surface area contributed by atoms with Gasteiger partial charge in [0.15, 0.2) is 11.6 Å². The minimum Gasteiger partial charge on any atom is -0.277 e. The standard InChI is InChI=1S/C57H37N5.C3H8/c1-57(2)48-26-23-35-12-7-8-17-43(35)52(48)46-25-22-39(32-49(46)57)44-18-9-19-45-47-31-37-14-5-6-15-38(37)33-51(47)62(53(44)45)56-60-54(41-21-20-34-11-3-4-13-36(34)29-41)59-55(61-56)42-24-27-50-40(30-42)16-10-28-58-50;1-3-2/h3-33H,1-2H3;3H2,1-2H3. The molecule has 0 unspecified atom stereocenters. The van der Waals surface area contributed by atoms with Crippen LogP contribution in [0.15, 0.2) is 188 Å². The Hall–Kier alpha value is -8.02. The Morgan fingerprint density at radius 2 is 1.06 bits per heavy atom. The van der Waals surface area contributed by atoms with Crippen molar-refractivity contribution in [3.05, 3.63) is 199 Å². The van der Waals surface area contributed by atoms with Crippen LogP contribution >= 0.6 is 0 Å². The third kappa shape index (κ3) is 6.22. The van der Waals surface area contributed by atoms with Crippen LogP contribution in [0.25, 0.3) is 116 Å². The SMILES string of the molecule is CC1(C)c2cc(-c3cccc4c5cc6ccccc6cc5n(-c5nc(-c6ccc7ccccc7c6)nc(-c6ccc7ncccc7c6)n5)c34)ccc2-c2c1ccc1ccccc21.CCC. The van der Waals surface area contributed by atoms with Crippen LogP contribution in [0, 0.1) is 0 Å². The van der Waals surface area contributed by atoms with E-state index in [1.54, 1.807) is 0 Å². The molecule has 0 fully saturated rings. The van der Waals surface area contributed by atoms with Gasteiger partial charge in [0.25, 0.3) is 0 Å². The fourth-order valence-corrected chi connectivity index (χ4v) is 10.1. The zero-order valence-corrected chi connectivity index (χ0v) is 36.8. The number of hydrogen-bond acceptors (Lipinski definition) is 4. The molecule has 3 heterocycles. The molecule has 0 atom stereocenters. The number of benzene rings is 9. The Balaban J connectivity index is 0.00000144. The van der Waals surface area contributed by atoms with Crippen molar-refractivity contribution in [1.29, 1.82) is 0 Å². The van der Waals surface area contributed by atoms with Crippen LogP contribution in [-0.2, 0) is 5.41 Å². The van der Waals surface area contributed by atoms with Crippen molar-refractivity contribution in [2.75, 3.05) is 0 Å². The second-order valence-corrected chi connectivity index (χ2v) is 17.8. The Labute approximate surface area is 377 Å². The molecule has 65 heavy (non-hydrogen) atoms. The third-order valence-electron chi connectivity index (χ3n) is 13.2. The summed E-state index contributed by atoms with van der Waals surface area (Å²) >= 11 is 0. The molecule has 0 N–H and O–H groups in total. The van der Waals surface area contributed by atoms with E-state index in [1.165, 1.54) is 50.2 Å². The van der Waals surface area contributed by atoms with Gasteiger partial charge in [0.05, 0.1) is 16.6 Å². The van der Waals surface area contributed by atoms with Gasteiger partial charge < -0.3 is 0 Å². The van der Waals surface area contributed by atoms with Gasteiger partial charge in [0, 0.05) is 44.5 Å². The number of fused-ring (bicyclic) bond motifs is 11. The lowest BCUT2D eigenvalue weighted by molar-refractivity contribution is 0.661. The summed E-state index contributed by atoms with van der Waals surface area (Å²) in [7, 11) is 0. The first kappa shape index (κ1) is 38.6. The van der Waals surface area contributed by atoms with Gasteiger partial charge in [-0.2, -0.15) is 9.97 Å². The molecule has 0 saturated heterocycles. The van der Waals surface area contributed by atoms with E-state index in [9.17, 15) is 0 Å². The third-order valence-corrected chi connectivity index (χ3v) is 13.2. The second-order valence-electron chi connectivity index (χ2n) is 17.8. The molecule has 12 aromatic rings. The van der Waals surface area contributed by atoms with E-state index in [1.807, 2.05) is 18.3 Å². The number of para-hydroxylation sites is 1. The van der Waals surface area contributed by atoms with Gasteiger partial charge in [0.2, 0.25) is 5.95 Å². The van der Waals surface area contributed by atoms with Crippen LogP contribution in [0.1, 0.15) is 45.2 Å². The predicted octanol–water partition coefficient (Wildman–Crippen LogP) is 15.7. The maximum absolute atomic E-state index is 5.42. The molecule has 0 bridgehead atoms. The molecule has 0 radical (unpaired) electrons. The van der Waals surface area contributed by atoms with Gasteiger partial charge in [0.1, 0.15) is 0 Å². The van der Waals surface area contributed by atoms with E-state index >= 15 is 0 Å². The summed E-state index contributed by atoms with van der Waals surface area (Å²) in [5, 5.41) is 10.5. The number of nitrogens with zero attached hydrogens (tertiary/aromatic N) is 5. The first-order valence-electron chi connectivity index (χ1n) is 22.6. The molecule has 9 aromatic carbocycles. The van der Waals surface area contributed by atoms with Crippen molar-refractivity contribution >= 4 is 65.0 Å². The zero-order valence-electron chi connectivity index (χ0n) is 36.8. The van der Waals surface area contributed by atoms with Gasteiger partial charge >= 0.3 is 0 Å². The van der Waals surface area contributed by atoms with E-state index in [-0.39, 0.29) is 5.41 Å². The fraction of sp³-hybridized carbons (Fsp3) is 0.100. The molecule has 13 rings (SSSR count). The summed E-state index contributed by atoms with van der Waals surface area (Å²) < 4.78 is 2.28. The van der Waals surface area contributed by atoms with Gasteiger partial charge in [-0.3, -0.25) is 9.55 Å². The van der Waals surface area contributed by atoms with E-state index in [0.717, 1.165) is 65.7 Å². The Morgan fingerprint density at radius 1 is 0.446 bits per heavy atom. The molecular formula is C60H45N5. The molecule has 0 amide bonds. The lowest BCUT2D eigenvalue weighted by Crippen LogP contribution is -2.15. The molecule has 5 nitrogen and oxygen atoms in total. The van der Waals surface area contributed by atoms with Gasteiger partial charge in [-0.25, -0.2) is 4.98 Å². The summed E-state index contributed by atoms with van der Waals surface area (Å²) in [6.45, 7) is 8.98. The molecule has 3 aromatic heterocycles. The van der Waals surface area contributed by atoms with E-state index in [4.69, 9.17) is 15.0 Å². The summed E-state index contributed by atoms with van der Waals surface area (Å²) in [6.07, 6.45) is 3.08. The first-order valence-corrected chi connectivity index (χ1v) is 22.6. The first-order chi connectivity index (χ1) is 31.9. The van der Waals surface area contributed by atoms with Gasteiger partial charge in [-0.05, 0) is 109 Å². The minimum absolute atomic E-state index is 0.184. The minimum atomic E-state index is -0.184. The van der Waals surface area contributed by atoms with E-state index in [2.05, 4.69) is 207 Å². The monoisotopic (exact) mass is 835 g/mol. The highest BCUT2D eigenvalue weighted by atomic mass is 15.2. The molecule has 5 heteroatoms. The molecule has 0 aliphatic heterocycles. The van der Waals surface area contributed by atoms with Gasteiger partial charge in [-0.1, -0.05) is 168 Å². The van der Waals surface area contributed by atoms with E-state index in [0.29, 0.717) is 17.6 Å². The molecule has 1 aliphatic carbocycles. The van der Waals surface area contributed by atoms with Gasteiger partial charge in [-0.15, -0.1) is 0 Å². The van der Waals surface area contributed by atoms with Crippen molar-refractivity contribution in [3.63, 3.8) is 0 Å². The number of aromatic nitrogens is 5. The van der Waals surface area contributed by atoms with Crippen LogP contribution in [0.4, 0.5) is 0 Å². The largest absolute Gasteiger partial charge is 0.277 e. The van der Waals surface area contributed by atoms with Crippen LogP contribution in [0.5, 0.6) is 0 Å². The van der Waals surface area contributed by atoms with E-state index < -0.39 is 0 Å². The Bertz CT molecular complexity index is 3780. The maximum Gasteiger partial charge on any atom is 0.238 e. The van der Waals surface area contributed by atoms with Crippen molar-refractivity contribution in [3.8, 4) is 51.0 Å². The topological polar surface area (TPSA) is 56.5 Å². The fourth-order valence-electron chi connectivity index (χ4n) is 10.1. The Morgan fingerprint density at radius 3 is 1.85 bits per heavy atom. The average Bonchev–Trinajstić information content (AvgIpc) is 3.80. The van der Waals surface area contributed by atoms with Crippen LogP contribution < -0.4 is 0 Å². The highest BCUT2D eigenvalue weighted by Crippen LogP contribution is 2.52. The highest BCUT2D eigenvalue weighted by molar-refractivity contribution is 6.17. The number of rotatable bonds is 4. The summed E-state index contributed by atoms with van der Waals surface area (Å²) in [5.41, 5.74) is 12.3. The quantitative estimate of drug-likeness (QED) is 0.177. The lowest BCUT2D eigenvalue weighted by Gasteiger charge is -2.22. The number of hydrogen-bond donors (Lipinski definition) is 0. The van der Waals surface area contributed by atoms with Crippen molar-refractivity contribution < 1.29 is 0 Å². The summed E-state index contributed by atoms with van der Waals surface area (Å²) in [5.74, 6) is 1.77. The van der Waals surface area contributed by atoms with Crippen LogP contribution in [0.3, 0.4) is 0 Å². The van der Waals surface area contributed by atoms with Crippen molar-refractivity contribution in [1.82, 2.24) is 24.5 Å². The Kier molecular flexibility index (Phi) is 8.96. The lowest BCUT2D eigenvalue weighted by atomic mass is 9.81. The average molecular weight is 836 g/mol. The van der Waals surface area contributed by atoms with Crippen LogP contribution in [-0.4, -0.2) is 24.5 Å².